The molecule has 0 aliphatic carbocycles. The second-order valence-electron chi connectivity index (χ2n) is 5.12. The maximum absolute atomic E-state index is 8.93. The summed E-state index contributed by atoms with van der Waals surface area (Å²) in [7, 11) is 1.71. The Labute approximate surface area is 110 Å². The van der Waals surface area contributed by atoms with E-state index in [2.05, 4.69) is 23.5 Å². The Morgan fingerprint density at radius 2 is 1.94 bits per heavy atom. The van der Waals surface area contributed by atoms with Crippen LogP contribution in [-0.2, 0) is 17.9 Å². The molecule has 1 N–H and O–H groups in total. The van der Waals surface area contributed by atoms with Gasteiger partial charge in [-0.25, -0.2) is 0 Å². The Morgan fingerprint density at radius 1 is 1.28 bits per heavy atom. The molecular weight excluding hydrogens is 224 g/mol. The Morgan fingerprint density at radius 3 is 2.56 bits per heavy atom. The summed E-state index contributed by atoms with van der Waals surface area (Å²) in [6.07, 6.45) is 0.857. The minimum absolute atomic E-state index is 0.251. The van der Waals surface area contributed by atoms with Gasteiger partial charge in [-0.05, 0) is 37.9 Å². The Bertz CT molecular complexity index is 407. The number of nitrogens with one attached hydrogen (secondary N) is 1. The first-order valence-corrected chi connectivity index (χ1v) is 6.27. The maximum Gasteiger partial charge on any atom is 0.0716 e. The van der Waals surface area contributed by atoms with Crippen LogP contribution in [-0.4, -0.2) is 13.7 Å². The standard InChI is InChI=1S/C15H22N2O/c1-15(2,12-16)8-9-17-10-13-6-4-5-7-14(13)11-18-3/h4-7,17H,8-11H2,1-3H3. The summed E-state index contributed by atoms with van der Waals surface area (Å²) in [6.45, 7) is 6.24. The molecule has 0 aliphatic heterocycles. The average molecular weight is 246 g/mol. The lowest BCUT2D eigenvalue weighted by molar-refractivity contribution is 0.184. The number of methoxy groups -OCH3 is 1. The van der Waals surface area contributed by atoms with Crippen molar-refractivity contribution in [3.05, 3.63) is 35.4 Å². The molecule has 0 aliphatic rings. The minimum Gasteiger partial charge on any atom is -0.380 e. The van der Waals surface area contributed by atoms with Gasteiger partial charge in [0.25, 0.3) is 0 Å². The van der Waals surface area contributed by atoms with Crippen LogP contribution in [0.3, 0.4) is 0 Å². The van der Waals surface area contributed by atoms with Gasteiger partial charge in [0.15, 0.2) is 0 Å². The van der Waals surface area contributed by atoms with Crippen molar-refractivity contribution in [3.8, 4) is 6.07 Å². The molecule has 0 bridgehead atoms. The van der Waals surface area contributed by atoms with Crippen molar-refractivity contribution in [1.82, 2.24) is 5.32 Å². The van der Waals surface area contributed by atoms with Crippen molar-refractivity contribution in [2.45, 2.75) is 33.4 Å². The minimum atomic E-state index is -0.251. The van der Waals surface area contributed by atoms with Crippen molar-refractivity contribution in [1.29, 1.82) is 5.26 Å². The van der Waals surface area contributed by atoms with Crippen LogP contribution < -0.4 is 5.32 Å². The fourth-order valence-electron chi connectivity index (χ4n) is 1.71. The molecule has 98 valence electrons. The molecular formula is C15H22N2O. The van der Waals surface area contributed by atoms with E-state index in [-0.39, 0.29) is 5.41 Å². The molecule has 0 atom stereocenters. The lowest BCUT2D eigenvalue weighted by Crippen LogP contribution is -2.21. The summed E-state index contributed by atoms with van der Waals surface area (Å²) >= 11 is 0. The van der Waals surface area contributed by atoms with Gasteiger partial charge in [0.05, 0.1) is 18.1 Å². The number of ether oxygens (including phenoxy) is 1. The topological polar surface area (TPSA) is 45.0 Å². The summed E-state index contributed by atoms with van der Waals surface area (Å²) < 4.78 is 5.18. The predicted molar refractivity (Wildman–Crippen MR) is 72.9 cm³/mol. The molecule has 0 unspecified atom stereocenters. The quantitative estimate of drug-likeness (QED) is 0.752. The summed E-state index contributed by atoms with van der Waals surface area (Å²) in [5.74, 6) is 0. The van der Waals surface area contributed by atoms with E-state index in [0.29, 0.717) is 6.61 Å². The lowest BCUT2D eigenvalue weighted by atomic mass is 9.91. The van der Waals surface area contributed by atoms with Crippen LogP contribution in [0.15, 0.2) is 24.3 Å². The van der Waals surface area contributed by atoms with Gasteiger partial charge in [-0.3, -0.25) is 0 Å². The van der Waals surface area contributed by atoms with Crippen molar-refractivity contribution >= 4 is 0 Å². The molecule has 1 aromatic carbocycles. The third-order valence-corrected chi connectivity index (χ3v) is 2.96. The van der Waals surface area contributed by atoms with Crippen molar-refractivity contribution < 1.29 is 4.74 Å². The SMILES string of the molecule is COCc1ccccc1CNCCC(C)(C)C#N. The van der Waals surface area contributed by atoms with Crippen LogP contribution in [0.25, 0.3) is 0 Å². The summed E-state index contributed by atoms with van der Waals surface area (Å²) in [5.41, 5.74) is 2.22. The Balaban J connectivity index is 2.42. The van der Waals surface area contributed by atoms with Gasteiger partial charge in [-0.15, -0.1) is 0 Å². The van der Waals surface area contributed by atoms with E-state index in [4.69, 9.17) is 10.00 Å². The molecule has 0 spiro atoms. The van der Waals surface area contributed by atoms with E-state index < -0.39 is 0 Å². The molecule has 0 heterocycles. The third-order valence-electron chi connectivity index (χ3n) is 2.96. The van der Waals surface area contributed by atoms with Gasteiger partial charge in [-0.2, -0.15) is 5.26 Å². The normalized spacial score (nSPS) is 11.2. The van der Waals surface area contributed by atoms with Crippen LogP contribution >= 0.6 is 0 Å². The highest BCUT2D eigenvalue weighted by molar-refractivity contribution is 5.26. The second-order valence-corrected chi connectivity index (χ2v) is 5.12. The average Bonchev–Trinajstić information content (AvgIpc) is 2.37. The van der Waals surface area contributed by atoms with E-state index in [1.165, 1.54) is 11.1 Å². The highest BCUT2D eigenvalue weighted by Gasteiger charge is 2.15. The van der Waals surface area contributed by atoms with Crippen molar-refractivity contribution in [3.63, 3.8) is 0 Å². The van der Waals surface area contributed by atoms with Crippen LogP contribution in [0.5, 0.6) is 0 Å². The Hall–Kier alpha value is -1.37. The van der Waals surface area contributed by atoms with Gasteiger partial charge in [0, 0.05) is 13.7 Å². The van der Waals surface area contributed by atoms with E-state index in [9.17, 15) is 0 Å². The lowest BCUT2D eigenvalue weighted by Gasteiger charge is -2.15. The van der Waals surface area contributed by atoms with Gasteiger partial charge < -0.3 is 10.1 Å². The predicted octanol–water partition coefficient (Wildman–Crippen LogP) is 2.86. The van der Waals surface area contributed by atoms with Gasteiger partial charge in [-0.1, -0.05) is 24.3 Å². The van der Waals surface area contributed by atoms with E-state index in [1.54, 1.807) is 7.11 Å². The van der Waals surface area contributed by atoms with E-state index >= 15 is 0 Å². The number of nitriles is 1. The fourth-order valence-corrected chi connectivity index (χ4v) is 1.71. The first-order chi connectivity index (χ1) is 8.59. The summed E-state index contributed by atoms with van der Waals surface area (Å²) in [4.78, 5) is 0. The maximum atomic E-state index is 8.93. The van der Waals surface area contributed by atoms with Gasteiger partial charge >= 0.3 is 0 Å². The van der Waals surface area contributed by atoms with Crippen LogP contribution in [0, 0.1) is 16.7 Å². The zero-order valence-corrected chi connectivity index (χ0v) is 11.5. The number of benzene rings is 1. The molecule has 18 heavy (non-hydrogen) atoms. The zero-order chi connectivity index (χ0) is 13.4. The molecule has 3 heteroatoms. The van der Waals surface area contributed by atoms with Crippen molar-refractivity contribution in [2.75, 3.05) is 13.7 Å². The third kappa shape index (κ3) is 4.87. The molecule has 1 aromatic rings. The van der Waals surface area contributed by atoms with E-state index in [1.807, 2.05) is 26.0 Å². The number of rotatable bonds is 7. The molecule has 0 aromatic heterocycles. The highest BCUT2D eigenvalue weighted by atomic mass is 16.5. The molecule has 0 saturated heterocycles. The zero-order valence-electron chi connectivity index (χ0n) is 11.5. The highest BCUT2D eigenvalue weighted by Crippen LogP contribution is 2.17. The number of nitrogens with zero attached hydrogens (tertiary/aromatic N) is 1. The molecule has 0 fully saturated rings. The smallest absolute Gasteiger partial charge is 0.0716 e. The first-order valence-electron chi connectivity index (χ1n) is 6.27. The summed E-state index contributed by atoms with van der Waals surface area (Å²) in [6, 6.07) is 10.6. The number of hydrogen-bond donors (Lipinski definition) is 1. The van der Waals surface area contributed by atoms with Crippen LogP contribution in [0.2, 0.25) is 0 Å². The van der Waals surface area contributed by atoms with Crippen LogP contribution in [0.4, 0.5) is 0 Å². The van der Waals surface area contributed by atoms with Crippen molar-refractivity contribution in [2.24, 2.45) is 5.41 Å². The monoisotopic (exact) mass is 246 g/mol. The van der Waals surface area contributed by atoms with Gasteiger partial charge in [0.1, 0.15) is 0 Å². The number of hydrogen-bond acceptors (Lipinski definition) is 3. The van der Waals surface area contributed by atoms with Gasteiger partial charge in [0.2, 0.25) is 0 Å². The Kier molecular flexibility index (Phi) is 5.84. The second kappa shape index (κ2) is 7.15. The molecule has 0 radical (unpaired) electrons. The molecule has 0 saturated carbocycles. The van der Waals surface area contributed by atoms with E-state index in [0.717, 1.165) is 19.5 Å². The molecule has 0 amide bonds. The molecule has 3 nitrogen and oxygen atoms in total. The largest absolute Gasteiger partial charge is 0.380 e. The van der Waals surface area contributed by atoms with Crippen LogP contribution in [0.1, 0.15) is 31.4 Å². The summed E-state index contributed by atoms with van der Waals surface area (Å²) in [5, 5.41) is 12.3. The fraction of sp³-hybridized carbons (Fsp3) is 0.533. The first kappa shape index (κ1) is 14.7. The molecule has 1 rings (SSSR count).